The predicted octanol–water partition coefficient (Wildman–Crippen LogP) is 4.44. The van der Waals surface area contributed by atoms with Crippen molar-refractivity contribution in [2.45, 2.75) is 58.2 Å². The van der Waals surface area contributed by atoms with Crippen LogP contribution in [-0.4, -0.2) is 11.4 Å². The minimum Gasteiger partial charge on any atom is -0.363 e. The lowest BCUT2D eigenvalue weighted by molar-refractivity contribution is -0.136. The number of rotatable bonds is 5. The Morgan fingerprint density at radius 3 is 2.45 bits per heavy atom. The van der Waals surface area contributed by atoms with Crippen LogP contribution in [0.15, 0.2) is 42.0 Å². The number of allylic oxidation sites excluding steroid dienone is 1. The molecule has 0 unspecified atom stereocenters. The van der Waals surface area contributed by atoms with Gasteiger partial charge < -0.3 is 4.74 Å². The molecule has 0 amide bonds. The molecule has 1 aromatic rings. The summed E-state index contributed by atoms with van der Waals surface area (Å²) in [5, 5.41) is 0. The van der Waals surface area contributed by atoms with Crippen molar-refractivity contribution in [2.75, 3.05) is 0 Å². The Bertz CT molecular complexity index is 463. The summed E-state index contributed by atoms with van der Waals surface area (Å²) >= 11 is 0. The normalized spacial score (nSPS) is 16.0. The van der Waals surface area contributed by atoms with Crippen LogP contribution in [0.1, 0.15) is 51.5 Å². The SMILES string of the molecule is CC(C)(OCc1ccccc1)C(=O)C=C1CCCCC1. The van der Waals surface area contributed by atoms with E-state index in [0.717, 1.165) is 18.4 Å². The van der Waals surface area contributed by atoms with Crippen molar-refractivity contribution in [3.05, 3.63) is 47.5 Å². The van der Waals surface area contributed by atoms with Crippen LogP contribution in [-0.2, 0) is 16.1 Å². The second-order valence-corrected chi connectivity index (χ2v) is 6.01. The summed E-state index contributed by atoms with van der Waals surface area (Å²) in [5.41, 5.74) is 1.64. The molecular formula is C18H24O2. The lowest BCUT2D eigenvalue weighted by Gasteiger charge is -2.23. The van der Waals surface area contributed by atoms with Gasteiger partial charge in [0, 0.05) is 0 Å². The van der Waals surface area contributed by atoms with E-state index in [0.29, 0.717) is 6.61 Å². The van der Waals surface area contributed by atoms with Crippen molar-refractivity contribution in [3.8, 4) is 0 Å². The second kappa shape index (κ2) is 6.85. The average Bonchev–Trinajstić information content (AvgIpc) is 2.47. The Morgan fingerprint density at radius 1 is 1.15 bits per heavy atom. The molecule has 0 radical (unpaired) electrons. The molecule has 1 aromatic carbocycles. The van der Waals surface area contributed by atoms with E-state index in [1.807, 2.05) is 50.3 Å². The Morgan fingerprint density at radius 2 is 1.80 bits per heavy atom. The van der Waals surface area contributed by atoms with Crippen molar-refractivity contribution in [1.82, 2.24) is 0 Å². The van der Waals surface area contributed by atoms with Gasteiger partial charge in [0.1, 0.15) is 5.60 Å². The summed E-state index contributed by atoms with van der Waals surface area (Å²) < 4.78 is 5.82. The van der Waals surface area contributed by atoms with Crippen molar-refractivity contribution >= 4 is 5.78 Å². The van der Waals surface area contributed by atoms with Crippen molar-refractivity contribution in [1.29, 1.82) is 0 Å². The molecule has 0 aromatic heterocycles. The van der Waals surface area contributed by atoms with Crippen LogP contribution in [0.3, 0.4) is 0 Å². The lowest BCUT2D eigenvalue weighted by Crippen LogP contribution is -2.33. The van der Waals surface area contributed by atoms with E-state index < -0.39 is 5.60 Å². The molecule has 2 nitrogen and oxygen atoms in total. The number of carbonyl (C=O) groups is 1. The van der Waals surface area contributed by atoms with Gasteiger partial charge in [-0.1, -0.05) is 42.3 Å². The van der Waals surface area contributed by atoms with E-state index in [2.05, 4.69) is 0 Å². The first-order valence-corrected chi connectivity index (χ1v) is 7.50. The summed E-state index contributed by atoms with van der Waals surface area (Å²) in [6.45, 7) is 4.19. The molecular weight excluding hydrogens is 248 g/mol. The first-order valence-electron chi connectivity index (χ1n) is 7.50. The van der Waals surface area contributed by atoms with E-state index in [9.17, 15) is 4.79 Å². The quantitative estimate of drug-likeness (QED) is 0.741. The maximum Gasteiger partial charge on any atom is 0.186 e. The molecule has 0 heterocycles. The highest BCUT2D eigenvalue weighted by molar-refractivity contribution is 5.96. The molecule has 0 N–H and O–H groups in total. The number of carbonyl (C=O) groups excluding carboxylic acids is 1. The monoisotopic (exact) mass is 272 g/mol. The van der Waals surface area contributed by atoms with E-state index in [4.69, 9.17) is 4.74 Å². The molecule has 1 aliphatic carbocycles. The van der Waals surface area contributed by atoms with Crippen LogP contribution in [0.2, 0.25) is 0 Å². The van der Waals surface area contributed by atoms with Crippen LogP contribution in [0.25, 0.3) is 0 Å². The molecule has 1 fully saturated rings. The van der Waals surface area contributed by atoms with Gasteiger partial charge in [-0.3, -0.25) is 4.79 Å². The van der Waals surface area contributed by atoms with Gasteiger partial charge in [-0.25, -0.2) is 0 Å². The first-order chi connectivity index (χ1) is 9.58. The van der Waals surface area contributed by atoms with Crippen molar-refractivity contribution < 1.29 is 9.53 Å². The van der Waals surface area contributed by atoms with Crippen LogP contribution >= 0.6 is 0 Å². The minimum absolute atomic E-state index is 0.0883. The fraction of sp³-hybridized carbons (Fsp3) is 0.500. The van der Waals surface area contributed by atoms with E-state index in [1.165, 1.54) is 24.8 Å². The zero-order valence-electron chi connectivity index (χ0n) is 12.5. The molecule has 0 aliphatic heterocycles. The van der Waals surface area contributed by atoms with Crippen molar-refractivity contribution in [2.24, 2.45) is 0 Å². The summed E-state index contributed by atoms with van der Waals surface area (Å²) in [6.07, 6.45) is 7.68. The third kappa shape index (κ3) is 4.31. The number of benzene rings is 1. The zero-order valence-corrected chi connectivity index (χ0v) is 12.5. The van der Waals surface area contributed by atoms with E-state index in [1.54, 1.807) is 0 Å². The lowest BCUT2D eigenvalue weighted by atomic mass is 9.91. The minimum atomic E-state index is -0.750. The molecule has 0 spiro atoms. The average molecular weight is 272 g/mol. The molecule has 1 saturated carbocycles. The van der Waals surface area contributed by atoms with Crippen LogP contribution in [0.4, 0.5) is 0 Å². The number of hydrogen-bond donors (Lipinski definition) is 0. The molecule has 2 rings (SSSR count). The molecule has 0 bridgehead atoms. The Labute approximate surface area is 121 Å². The van der Waals surface area contributed by atoms with Crippen LogP contribution in [0, 0.1) is 0 Å². The summed E-state index contributed by atoms with van der Waals surface area (Å²) in [5.74, 6) is 0.0883. The van der Waals surface area contributed by atoms with Crippen molar-refractivity contribution in [3.63, 3.8) is 0 Å². The third-order valence-corrected chi connectivity index (χ3v) is 3.87. The number of hydrogen-bond acceptors (Lipinski definition) is 2. The maximum atomic E-state index is 12.4. The first kappa shape index (κ1) is 15.0. The van der Waals surface area contributed by atoms with Gasteiger partial charge in [0.05, 0.1) is 6.61 Å². The number of ether oxygens (including phenoxy) is 1. The highest BCUT2D eigenvalue weighted by Gasteiger charge is 2.27. The fourth-order valence-corrected chi connectivity index (χ4v) is 2.42. The van der Waals surface area contributed by atoms with Gasteiger partial charge in [0.15, 0.2) is 5.78 Å². The largest absolute Gasteiger partial charge is 0.363 e. The predicted molar refractivity (Wildman–Crippen MR) is 81.5 cm³/mol. The summed E-state index contributed by atoms with van der Waals surface area (Å²) in [6, 6.07) is 9.97. The van der Waals surface area contributed by atoms with Gasteiger partial charge >= 0.3 is 0 Å². The van der Waals surface area contributed by atoms with Crippen LogP contribution < -0.4 is 0 Å². The molecule has 0 saturated heterocycles. The van der Waals surface area contributed by atoms with E-state index in [-0.39, 0.29) is 5.78 Å². The molecule has 108 valence electrons. The Hall–Kier alpha value is -1.41. The third-order valence-electron chi connectivity index (χ3n) is 3.87. The van der Waals surface area contributed by atoms with Gasteiger partial charge in [-0.05, 0) is 51.2 Å². The van der Waals surface area contributed by atoms with Crippen LogP contribution in [0.5, 0.6) is 0 Å². The smallest absolute Gasteiger partial charge is 0.186 e. The second-order valence-electron chi connectivity index (χ2n) is 6.01. The Kier molecular flexibility index (Phi) is 5.13. The topological polar surface area (TPSA) is 26.3 Å². The summed E-state index contributed by atoms with van der Waals surface area (Å²) in [7, 11) is 0. The van der Waals surface area contributed by atoms with Gasteiger partial charge in [0.25, 0.3) is 0 Å². The highest BCUT2D eigenvalue weighted by atomic mass is 16.5. The van der Waals surface area contributed by atoms with Gasteiger partial charge in [0.2, 0.25) is 0 Å². The standard InChI is InChI=1S/C18H24O2/c1-18(2,20-14-16-11-7-4-8-12-16)17(19)13-15-9-5-3-6-10-15/h4,7-8,11-13H,3,5-6,9-10,14H2,1-2H3. The van der Waals surface area contributed by atoms with E-state index >= 15 is 0 Å². The fourth-order valence-electron chi connectivity index (χ4n) is 2.42. The highest BCUT2D eigenvalue weighted by Crippen LogP contribution is 2.24. The summed E-state index contributed by atoms with van der Waals surface area (Å²) in [4.78, 5) is 12.4. The number of ketones is 1. The molecule has 0 atom stereocenters. The molecule has 20 heavy (non-hydrogen) atoms. The van der Waals surface area contributed by atoms with Gasteiger partial charge in [-0.2, -0.15) is 0 Å². The Balaban J connectivity index is 1.93. The maximum absolute atomic E-state index is 12.4. The zero-order chi connectivity index (χ0) is 14.4. The molecule has 2 heteroatoms. The van der Waals surface area contributed by atoms with Gasteiger partial charge in [-0.15, -0.1) is 0 Å². The molecule has 1 aliphatic rings.